The zero-order valence-electron chi connectivity index (χ0n) is 14.1. The van der Waals surface area contributed by atoms with Crippen LogP contribution in [0.4, 0.5) is 0 Å². The molecule has 0 saturated carbocycles. The van der Waals surface area contributed by atoms with E-state index in [1.807, 2.05) is 18.9 Å². The summed E-state index contributed by atoms with van der Waals surface area (Å²) in [6, 6.07) is 0. The van der Waals surface area contributed by atoms with Crippen LogP contribution in [0.25, 0.3) is 0 Å². The van der Waals surface area contributed by atoms with E-state index < -0.39 is 6.10 Å². The van der Waals surface area contributed by atoms with Crippen molar-refractivity contribution < 1.29 is 14.7 Å². The molecule has 6 heteroatoms. The Morgan fingerprint density at radius 3 is 2.30 bits per heavy atom. The Morgan fingerprint density at radius 2 is 1.74 bits per heavy atom. The van der Waals surface area contributed by atoms with Crippen molar-refractivity contribution in [2.45, 2.75) is 20.0 Å². The van der Waals surface area contributed by atoms with Crippen molar-refractivity contribution in [3.8, 4) is 0 Å². The van der Waals surface area contributed by atoms with Crippen molar-refractivity contribution >= 4 is 11.6 Å². The summed E-state index contributed by atoms with van der Waals surface area (Å²) in [4.78, 5) is 29.8. The number of aliphatic hydroxyl groups is 1. The molecule has 0 amide bonds. The number of aliphatic hydroxyl groups excluding tert-OH is 1. The number of carbonyl (C=O) groups is 2. The predicted octanol–water partition coefficient (Wildman–Crippen LogP) is 0.897. The van der Waals surface area contributed by atoms with Gasteiger partial charge in [0, 0.05) is 50.6 Å². The van der Waals surface area contributed by atoms with Gasteiger partial charge in [0.15, 0.2) is 0 Å². The monoisotopic (exact) mass is 317 g/mol. The van der Waals surface area contributed by atoms with Crippen molar-refractivity contribution in [3.05, 3.63) is 34.3 Å². The molecular formula is C17H23N3O3. The Kier molecular flexibility index (Phi) is 3.90. The van der Waals surface area contributed by atoms with Gasteiger partial charge in [-0.3, -0.25) is 9.59 Å². The number of fused-ring (bicyclic) bond motifs is 1. The van der Waals surface area contributed by atoms with Crippen LogP contribution in [0, 0.1) is 6.92 Å². The molecule has 1 aliphatic carbocycles. The average molecular weight is 317 g/mol. The SMILES string of the molecule is Cc1c(C(C)O)c2c(n1C)C(=O)C=C(N1CCN(C)CC1)C2=O. The summed E-state index contributed by atoms with van der Waals surface area (Å²) in [6.45, 7) is 6.65. The van der Waals surface area contributed by atoms with E-state index in [0.717, 1.165) is 31.9 Å². The Labute approximate surface area is 136 Å². The topological polar surface area (TPSA) is 65.8 Å². The number of nitrogens with zero attached hydrogens (tertiary/aromatic N) is 3. The summed E-state index contributed by atoms with van der Waals surface area (Å²) in [7, 11) is 3.81. The van der Waals surface area contributed by atoms with Gasteiger partial charge < -0.3 is 19.5 Å². The summed E-state index contributed by atoms with van der Waals surface area (Å²) in [5.41, 5.74) is 2.56. The molecule has 2 aliphatic rings. The molecule has 1 aromatic rings. The molecule has 1 N–H and O–H groups in total. The third-order valence-corrected chi connectivity index (χ3v) is 4.96. The van der Waals surface area contributed by atoms with Gasteiger partial charge in [0.1, 0.15) is 5.69 Å². The van der Waals surface area contributed by atoms with Crippen LogP contribution in [-0.4, -0.2) is 64.3 Å². The molecule has 124 valence electrons. The van der Waals surface area contributed by atoms with Crippen molar-refractivity contribution in [2.75, 3.05) is 33.2 Å². The molecule has 1 saturated heterocycles. The van der Waals surface area contributed by atoms with Gasteiger partial charge in [0.2, 0.25) is 11.6 Å². The smallest absolute Gasteiger partial charge is 0.211 e. The fourth-order valence-corrected chi connectivity index (χ4v) is 3.52. The molecule has 1 atom stereocenters. The number of piperazine rings is 1. The van der Waals surface area contributed by atoms with Gasteiger partial charge in [-0.25, -0.2) is 0 Å². The van der Waals surface area contributed by atoms with E-state index in [2.05, 4.69) is 4.90 Å². The molecule has 0 bridgehead atoms. The molecule has 1 aliphatic heterocycles. The lowest BCUT2D eigenvalue weighted by Crippen LogP contribution is -2.46. The highest BCUT2D eigenvalue weighted by molar-refractivity contribution is 6.24. The largest absolute Gasteiger partial charge is 0.389 e. The second kappa shape index (κ2) is 5.62. The fraction of sp³-hybridized carbons (Fsp3) is 0.529. The van der Waals surface area contributed by atoms with Crippen LogP contribution in [0.2, 0.25) is 0 Å². The third kappa shape index (κ3) is 2.42. The van der Waals surface area contributed by atoms with Crippen molar-refractivity contribution in [1.82, 2.24) is 14.4 Å². The van der Waals surface area contributed by atoms with Crippen LogP contribution < -0.4 is 0 Å². The zero-order valence-corrected chi connectivity index (χ0v) is 14.1. The number of Topliss-reactive ketones (excluding diaryl/α,β-unsaturated/α-hetero) is 1. The molecule has 1 aromatic heterocycles. The van der Waals surface area contributed by atoms with Gasteiger partial charge in [-0.15, -0.1) is 0 Å². The van der Waals surface area contributed by atoms with E-state index in [0.29, 0.717) is 22.5 Å². The standard InChI is InChI=1S/C17H23N3O3/c1-10-14(11(2)21)15-16(19(10)4)13(22)9-12(17(15)23)20-7-5-18(3)6-8-20/h9,11,21H,5-8H2,1-4H3. The Bertz CT molecular complexity index is 707. The first-order valence-electron chi connectivity index (χ1n) is 7.94. The molecular weight excluding hydrogens is 294 g/mol. The number of likely N-dealkylation sites (N-methyl/N-ethyl adjacent to an activating group) is 1. The first-order chi connectivity index (χ1) is 10.8. The van der Waals surface area contributed by atoms with E-state index in [4.69, 9.17) is 0 Å². The zero-order chi connectivity index (χ0) is 16.9. The van der Waals surface area contributed by atoms with Gasteiger partial charge in [-0.1, -0.05) is 0 Å². The van der Waals surface area contributed by atoms with Crippen molar-refractivity contribution in [1.29, 1.82) is 0 Å². The third-order valence-electron chi connectivity index (χ3n) is 4.96. The van der Waals surface area contributed by atoms with Crippen LogP contribution in [0.3, 0.4) is 0 Å². The maximum absolute atomic E-state index is 13.0. The summed E-state index contributed by atoms with van der Waals surface area (Å²) in [5.74, 6) is -0.310. The van der Waals surface area contributed by atoms with E-state index in [1.54, 1.807) is 18.5 Å². The van der Waals surface area contributed by atoms with Gasteiger partial charge in [-0.2, -0.15) is 0 Å². The van der Waals surface area contributed by atoms with Gasteiger partial charge in [0.05, 0.1) is 17.4 Å². The summed E-state index contributed by atoms with van der Waals surface area (Å²) < 4.78 is 1.72. The number of aromatic nitrogens is 1. The summed E-state index contributed by atoms with van der Waals surface area (Å²) in [5, 5.41) is 10.1. The lowest BCUT2D eigenvalue weighted by atomic mass is 9.92. The number of hydrogen-bond acceptors (Lipinski definition) is 5. The molecule has 1 unspecified atom stereocenters. The first-order valence-corrected chi connectivity index (χ1v) is 7.94. The maximum atomic E-state index is 13.0. The lowest BCUT2D eigenvalue weighted by molar-refractivity contribution is 0.0919. The molecule has 0 radical (unpaired) electrons. The number of rotatable bonds is 2. The fourth-order valence-electron chi connectivity index (χ4n) is 3.52. The second-order valence-corrected chi connectivity index (χ2v) is 6.47. The molecule has 2 heterocycles. The number of carbonyl (C=O) groups excluding carboxylic acids is 2. The van der Waals surface area contributed by atoms with E-state index >= 15 is 0 Å². The molecule has 3 rings (SSSR count). The number of ketones is 2. The lowest BCUT2D eigenvalue weighted by Gasteiger charge is -2.35. The first kappa shape index (κ1) is 16.0. The minimum atomic E-state index is -0.784. The number of allylic oxidation sites excluding steroid dienone is 2. The quantitative estimate of drug-likeness (QED) is 0.878. The highest BCUT2D eigenvalue weighted by atomic mass is 16.3. The van der Waals surface area contributed by atoms with Crippen LogP contribution in [-0.2, 0) is 7.05 Å². The molecule has 0 aromatic carbocycles. The number of hydrogen-bond donors (Lipinski definition) is 1. The van der Waals surface area contributed by atoms with E-state index in [-0.39, 0.29) is 11.6 Å². The predicted molar refractivity (Wildman–Crippen MR) is 86.6 cm³/mol. The van der Waals surface area contributed by atoms with Crippen LogP contribution in [0.5, 0.6) is 0 Å². The Balaban J connectivity index is 2.06. The van der Waals surface area contributed by atoms with Crippen LogP contribution >= 0.6 is 0 Å². The van der Waals surface area contributed by atoms with Gasteiger partial charge in [-0.05, 0) is 20.9 Å². The van der Waals surface area contributed by atoms with Crippen molar-refractivity contribution in [3.63, 3.8) is 0 Å². The normalized spacial score (nSPS) is 20.6. The molecule has 1 fully saturated rings. The van der Waals surface area contributed by atoms with E-state index in [9.17, 15) is 14.7 Å². The minimum absolute atomic E-state index is 0.149. The highest BCUT2D eigenvalue weighted by Gasteiger charge is 2.36. The maximum Gasteiger partial charge on any atom is 0.211 e. The van der Waals surface area contributed by atoms with Crippen LogP contribution in [0.1, 0.15) is 45.1 Å². The Hall–Kier alpha value is -1.92. The molecule has 23 heavy (non-hydrogen) atoms. The Morgan fingerprint density at radius 1 is 1.13 bits per heavy atom. The average Bonchev–Trinajstić information content (AvgIpc) is 2.77. The summed E-state index contributed by atoms with van der Waals surface area (Å²) in [6.07, 6.45) is 0.676. The minimum Gasteiger partial charge on any atom is -0.389 e. The molecule has 0 spiro atoms. The van der Waals surface area contributed by atoms with Gasteiger partial charge in [0.25, 0.3) is 0 Å². The van der Waals surface area contributed by atoms with Gasteiger partial charge >= 0.3 is 0 Å². The van der Waals surface area contributed by atoms with Crippen molar-refractivity contribution in [2.24, 2.45) is 7.05 Å². The molecule has 6 nitrogen and oxygen atoms in total. The highest BCUT2D eigenvalue weighted by Crippen LogP contribution is 2.33. The summed E-state index contributed by atoms with van der Waals surface area (Å²) >= 11 is 0. The van der Waals surface area contributed by atoms with Crippen LogP contribution in [0.15, 0.2) is 11.8 Å². The van der Waals surface area contributed by atoms with E-state index in [1.165, 1.54) is 6.08 Å². The second-order valence-electron chi connectivity index (χ2n) is 6.47.